The number of hydrogen-bond acceptors (Lipinski definition) is 3. The summed E-state index contributed by atoms with van der Waals surface area (Å²) in [5, 5.41) is 3.46. The molecule has 14 heavy (non-hydrogen) atoms. The van der Waals surface area contributed by atoms with E-state index in [1.807, 2.05) is 0 Å². The van der Waals surface area contributed by atoms with Crippen LogP contribution < -0.4 is 0 Å². The van der Waals surface area contributed by atoms with Crippen molar-refractivity contribution in [2.24, 2.45) is 5.11 Å². The van der Waals surface area contributed by atoms with Crippen LogP contribution in [0.4, 0.5) is 5.69 Å². The predicted molar refractivity (Wildman–Crippen MR) is 51.3 cm³/mol. The molecule has 0 N–H and O–H groups in total. The number of nitrogens with zero attached hydrogens (tertiary/aromatic N) is 3. The van der Waals surface area contributed by atoms with Gasteiger partial charge >= 0.3 is 5.97 Å². The molecule has 0 fully saturated rings. The van der Waals surface area contributed by atoms with E-state index in [1.165, 1.54) is 7.11 Å². The SMILES string of the molecule is COC(=O)c1ccc(N=[N+]=[N-])c(C)c1. The lowest BCUT2D eigenvalue weighted by molar-refractivity contribution is 0.0600. The van der Waals surface area contributed by atoms with Crippen molar-refractivity contribution in [2.45, 2.75) is 6.92 Å². The fourth-order valence-corrected chi connectivity index (χ4v) is 1.06. The summed E-state index contributed by atoms with van der Waals surface area (Å²) >= 11 is 0. The number of benzene rings is 1. The van der Waals surface area contributed by atoms with Gasteiger partial charge < -0.3 is 4.74 Å². The number of hydrogen-bond donors (Lipinski definition) is 0. The molecule has 0 heterocycles. The van der Waals surface area contributed by atoms with Crippen LogP contribution in [-0.4, -0.2) is 13.1 Å². The van der Waals surface area contributed by atoms with Crippen molar-refractivity contribution in [1.82, 2.24) is 0 Å². The second-order valence-corrected chi connectivity index (χ2v) is 2.68. The highest BCUT2D eigenvalue weighted by Crippen LogP contribution is 2.20. The van der Waals surface area contributed by atoms with Gasteiger partial charge in [0.1, 0.15) is 0 Å². The van der Waals surface area contributed by atoms with Crippen LogP contribution >= 0.6 is 0 Å². The van der Waals surface area contributed by atoms with Gasteiger partial charge in [-0.05, 0) is 30.2 Å². The molecule has 1 aromatic carbocycles. The first-order valence-electron chi connectivity index (χ1n) is 3.93. The lowest BCUT2D eigenvalue weighted by Crippen LogP contribution is -2.00. The summed E-state index contributed by atoms with van der Waals surface area (Å²) in [5.41, 5.74) is 9.94. The van der Waals surface area contributed by atoms with Gasteiger partial charge in [0.2, 0.25) is 0 Å². The fraction of sp³-hybridized carbons (Fsp3) is 0.222. The molecular formula is C9H9N3O2. The first-order valence-corrected chi connectivity index (χ1v) is 3.93. The topological polar surface area (TPSA) is 75.1 Å². The van der Waals surface area contributed by atoms with Crippen molar-refractivity contribution < 1.29 is 9.53 Å². The highest BCUT2D eigenvalue weighted by Gasteiger charge is 2.06. The van der Waals surface area contributed by atoms with Crippen LogP contribution in [0.5, 0.6) is 0 Å². The summed E-state index contributed by atoms with van der Waals surface area (Å²) in [6.07, 6.45) is 0. The number of carbonyl (C=O) groups is 1. The molecule has 1 rings (SSSR count). The Kier molecular flexibility index (Phi) is 3.09. The highest BCUT2D eigenvalue weighted by atomic mass is 16.5. The van der Waals surface area contributed by atoms with E-state index < -0.39 is 5.97 Å². The standard InChI is InChI=1S/C9H9N3O2/c1-6-5-7(9(13)14-2)3-4-8(6)11-12-10/h3-5H,1-2H3. The molecule has 72 valence electrons. The van der Waals surface area contributed by atoms with Crippen LogP contribution in [0.1, 0.15) is 15.9 Å². The van der Waals surface area contributed by atoms with Crippen LogP contribution in [0.3, 0.4) is 0 Å². The Balaban J connectivity index is 3.12. The number of methoxy groups -OCH3 is 1. The molecule has 0 bridgehead atoms. The maximum absolute atomic E-state index is 11.1. The van der Waals surface area contributed by atoms with Crippen LogP contribution in [0.2, 0.25) is 0 Å². The molecular weight excluding hydrogens is 182 g/mol. The maximum atomic E-state index is 11.1. The predicted octanol–water partition coefficient (Wildman–Crippen LogP) is 2.72. The number of azide groups is 1. The van der Waals surface area contributed by atoms with E-state index in [1.54, 1.807) is 25.1 Å². The van der Waals surface area contributed by atoms with E-state index in [9.17, 15) is 4.79 Å². The number of esters is 1. The molecule has 5 nitrogen and oxygen atoms in total. The molecule has 0 saturated heterocycles. The number of rotatable bonds is 2. The first-order chi connectivity index (χ1) is 6.69. The van der Waals surface area contributed by atoms with Gasteiger partial charge in [0.15, 0.2) is 0 Å². The fourth-order valence-electron chi connectivity index (χ4n) is 1.06. The molecule has 0 aliphatic rings. The average Bonchev–Trinajstić information content (AvgIpc) is 2.20. The van der Waals surface area contributed by atoms with E-state index in [0.29, 0.717) is 11.3 Å². The van der Waals surface area contributed by atoms with Gasteiger partial charge in [-0.1, -0.05) is 11.2 Å². The Labute approximate surface area is 80.9 Å². The van der Waals surface area contributed by atoms with Crippen LogP contribution in [-0.2, 0) is 4.74 Å². The summed E-state index contributed by atoms with van der Waals surface area (Å²) in [4.78, 5) is 13.8. The summed E-state index contributed by atoms with van der Waals surface area (Å²) in [6.45, 7) is 1.76. The summed E-state index contributed by atoms with van der Waals surface area (Å²) in [7, 11) is 1.32. The van der Waals surface area contributed by atoms with E-state index in [2.05, 4.69) is 14.8 Å². The van der Waals surface area contributed by atoms with Gasteiger partial charge in [-0.3, -0.25) is 0 Å². The summed E-state index contributed by atoms with van der Waals surface area (Å²) in [5.74, 6) is -0.402. The molecule has 0 aromatic heterocycles. The molecule has 0 saturated carbocycles. The van der Waals surface area contributed by atoms with Gasteiger partial charge in [0.25, 0.3) is 0 Å². The van der Waals surface area contributed by atoms with E-state index >= 15 is 0 Å². The van der Waals surface area contributed by atoms with Crippen molar-refractivity contribution in [2.75, 3.05) is 7.11 Å². The molecule has 0 amide bonds. The highest BCUT2D eigenvalue weighted by molar-refractivity contribution is 5.90. The monoisotopic (exact) mass is 191 g/mol. The Morgan fingerprint density at radius 1 is 1.57 bits per heavy atom. The van der Waals surface area contributed by atoms with Crippen molar-refractivity contribution in [3.63, 3.8) is 0 Å². The Morgan fingerprint density at radius 2 is 2.29 bits per heavy atom. The van der Waals surface area contributed by atoms with Gasteiger partial charge in [-0.2, -0.15) is 0 Å². The third-order valence-electron chi connectivity index (χ3n) is 1.77. The number of aryl methyl sites for hydroxylation is 1. The molecule has 0 radical (unpaired) electrons. The molecule has 0 aliphatic carbocycles. The number of carbonyl (C=O) groups excluding carboxylic acids is 1. The maximum Gasteiger partial charge on any atom is 0.337 e. The minimum Gasteiger partial charge on any atom is -0.465 e. The van der Waals surface area contributed by atoms with E-state index in [0.717, 1.165) is 5.56 Å². The molecule has 1 aromatic rings. The van der Waals surface area contributed by atoms with Crippen LogP contribution in [0.25, 0.3) is 10.4 Å². The summed E-state index contributed by atoms with van der Waals surface area (Å²) in [6, 6.07) is 4.76. The third-order valence-corrected chi connectivity index (χ3v) is 1.77. The quantitative estimate of drug-likeness (QED) is 0.312. The lowest BCUT2D eigenvalue weighted by atomic mass is 10.1. The Bertz CT molecular complexity index is 409. The van der Waals surface area contributed by atoms with Crippen molar-refractivity contribution in [1.29, 1.82) is 0 Å². The third kappa shape index (κ3) is 2.02. The van der Waals surface area contributed by atoms with Crippen LogP contribution in [0, 0.1) is 6.92 Å². The van der Waals surface area contributed by atoms with E-state index in [4.69, 9.17) is 5.53 Å². The zero-order valence-electron chi connectivity index (χ0n) is 7.89. The largest absolute Gasteiger partial charge is 0.465 e. The number of ether oxygens (including phenoxy) is 1. The van der Waals surface area contributed by atoms with Crippen LogP contribution in [0.15, 0.2) is 23.3 Å². The summed E-state index contributed by atoms with van der Waals surface area (Å²) < 4.78 is 4.55. The van der Waals surface area contributed by atoms with Crippen molar-refractivity contribution in [3.05, 3.63) is 39.8 Å². The van der Waals surface area contributed by atoms with Crippen molar-refractivity contribution >= 4 is 11.7 Å². The average molecular weight is 191 g/mol. The minimum absolute atomic E-state index is 0.402. The molecule has 0 unspecified atom stereocenters. The molecule has 0 aliphatic heterocycles. The van der Waals surface area contributed by atoms with Gasteiger partial charge in [-0.15, -0.1) is 0 Å². The second kappa shape index (κ2) is 4.30. The smallest absolute Gasteiger partial charge is 0.337 e. The van der Waals surface area contributed by atoms with E-state index in [-0.39, 0.29) is 0 Å². The van der Waals surface area contributed by atoms with Gasteiger partial charge in [0.05, 0.1) is 12.7 Å². The lowest BCUT2D eigenvalue weighted by Gasteiger charge is -2.02. The Hall–Kier alpha value is -2.00. The zero-order valence-corrected chi connectivity index (χ0v) is 7.89. The molecule has 0 spiro atoms. The second-order valence-electron chi connectivity index (χ2n) is 2.68. The molecule has 5 heteroatoms. The first kappa shape index (κ1) is 10.1. The van der Waals surface area contributed by atoms with Gasteiger partial charge in [0, 0.05) is 10.6 Å². The van der Waals surface area contributed by atoms with Crippen molar-refractivity contribution in [3.8, 4) is 0 Å². The van der Waals surface area contributed by atoms with Gasteiger partial charge in [-0.25, -0.2) is 4.79 Å². The Morgan fingerprint density at radius 3 is 2.79 bits per heavy atom. The minimum atomic E-state index is -0.402. The normalized spacial score (nSPS) is 9.00. The zero-order chi connectivity index (χ0) is 10.6. The molecule has 0 atom stereocenters.